The molecule has 150 valence electrons. The van der Waals surface area contributed by atoms with E-state index in [0.29, 0.717) is 12.4 Å². The first kappa shape index (κ1) is 21.3. The van der Waals surface area contributed by atoms with E-state index < -0.39 is 5.97 Å². The summed E-state index contributed by atoms with van der Waals surface area (Å²) < 4.78 is 14.4. The van der Waals surface area contributed by atoms with E-state index in [9.17, 15) is 4.79 Å². The lowest BCUT2D eigenvalue weighted by Gasteiger charge is -2.09. The van der Waals surface area contributed by atoms with Gasteiger partial charge < -0.3 is 9.47 Å². The number of cyclic esters (lactones) is 1. The number of esters is 1. The summed E-state index contributed by atoms with van der Waals surface area (Å²) in [7, 11) is 0. The number of rotatable bonds is 5. The Morgan fingerprint density at radius 1 is 1.03 bits per heavy atom. The Kier molecular flexibility index (Phi) is 6.70. The molecular weight excluding hydrogens is 625 g/mol. The smallest absolute Gasteiger partial charge is 0.363 e. The molecule has 30 heavy (non-hydrogen) atoms. The minimum atomic E-state index is -0.484. The molecule has 0 spiro atoms. The van der Waals surface area contributed by atoms with Gasteiger partial charge in [-0.1, -0.05) is 46.3 Å². The van der Waals surface area contributed by atoms with Gasteiger partial charge in [0.2, 0.25) is 5.90 Å². The number of aliphatic imine (C=N–C) groups is 1. The van der Waals surface area contributed by atoms with Gasteiger partial charge in [-0.3, -0.25) is 0 Å². The number of hydrogen-bond acceptors (Lipinski definition) is 4. The Morgan fingerprint density at radius 2 is 1.80 bits per heavy atom. The van der Waals surface area contributed by atoms with Gasteiger partial charge in [0, 0.05) is 23.6 Å². The third-order valence-corrected chi connectivity index (χ3v) is 7.17. The van der Waals surface area contributed by atoms with Crippen molar-refractivity contribution in [2.45, 2.75) is 6.61 Å². The normalized spacial score (nSPS) is 14.6. The molecule has 7 heteroatoms. The average molecular weight is 639 g/mol. The zero-order valence-corrected chi connectivity index (χ0v) is 20.8. The van der Waals surface area contributed by atoms with Crippen LogP contribution in [0.4, 0.5) is 0 Å². The summed E-state index contributed by atoms with van der Waals surface area (Å²) in [6.45, 7) is 0.420. The van der Waals surface area contributed by atoms with Gasteiger partial charge >= 0.3 is 5.97 Å². The van der Waals surface area contributed by atoms with E-state index in [1.54, 1.807) is 6.08 Å². The van der Waals surface area contributed by atoms with E-state index in [2.05, 4.69) is 59.4 Å². The highest BCUT2D eigenvalue weighted by atomic mass is 127. The minimum absolute atomic E-state index is 0.236. The Bertz CT molecular complexity index is 1170. The molecule has 1 aliphatic heterocycles. The van der Waals surface area contributed by atoms with Gasteiger partial charge in [-0.15, -0.1) is 0 Å². The molecule has 3 aromatic carbocycles. The molecule has 0 aromatic heterocycles. The van der Waals surface area contributed by atoms with Crippen molar-refractivity contribution in [2.75, 3.05) is 0 Å². The number of para-hydroxylation sites is 1. The van der Waals surface area contributed by atoms with E-state index in [1.165, 1.54) is 0 Å². The number of nitrogens with zero attached hydrogens (tertiary/aromatic N) is 1. The maximum absolute atomic E-state index is 12.4. The molecule has 4 nitrogen and oxygen atoms in total. The second kappa shape index (κ2) is 9.45. The summed E-state index contributed by atoms with van der Waals surface area (Å²) >= 11 is 9.14. The Morgan fingerprint density at radius 3 is 2.57 bits per heavy atom. The van der Waals surface area contributed by atoms with Crippen molar-refractivity contribution in [2.24, 2.45) is 4.99 Å². The van der Waals surface area contributed by atoms with E-state index in [1.807, 2.05) is 66.7 Å². The molecule has 4 rings (SSSR count). The number of carbonyl (C=O) groups is 1. The third-order valence-electron chi connectivity index (χ3n) is 4.31. The fourth-order valence-electron chi connectivity index (χ4n) is 2.78. The Labute approximate surface area is 204 Å². The van der Waals surface area contributed by atoms with Crippen LogP contribution >= 0.6 is 54.5 Å². The van der Waals surface area contributed by atoms with Crippen LogP contribution in [0, 0.1) is 3.57 Å². The first-order chi connectivity index (χ1) is 14.5. The van der Waals surface area contributed by atoms with E-state index in [-0.39, 0.29) is 11.6 Å². The van der Waals surface area contributed by atoms with E-state index in [4.69, 9.17) is 9.47 Å². The molecule has 0 N–H and O–H groups in total. The fourth-order valence-corrected chi connectivity index (χ4v) is 3.76. The minimum Gasteiger partial charge on any atom is -0.488 e. The fraction of sp³-hybridized carbons (Fsp3) is 0.0435. The monoisotopic (exact) mass is 637 g/mol. The van der Waals surface area contributed by atoms with Crippen LogP contribution < -0.4 is 4.74 Å². The first-order valence-electron chi connectivity index (χ1n) is 8.94. The van der Waals surface area contributed by atoms with E-state index >= 15 is 0 Å². The summed E-state index contributed by atoms with van der Waals surface area (Å²) in [5.74, 6) is 0.473. The van der Waals surface area contributed by atoms with Crippen LogP contribution in [0.1, 0.15) is 16.7 Å². The second-order valence-corrected chi connectivity index (χ2v) is 9.35. The number of benzene rings is 3. The van der Waals surface area contributed by atoms with Gasteiger partial charge in [0.15, 0.2) is 5.70 Å². The topological polar surface area (TPSA) is 47.9 Å². The number of ether oxygens (including phenoxy) is 2. The molecule has 0 radical (unpaired) electrons. The first-order valence-corrected chi connectivity index (χ1v) is 11.6. The molecule has 0 unspecified atom stereocenters. The van der Waals surface area contributed by atoms with Crippen LogP contribution in [0.2, 0.25) is 0 Å². The molecule has 0 amide bonds. The quantitative estimate of drug-likeness (QED) is 0.177. The average Bonchev–Trinajstić information content (AvgIpc) is 3.11. The predicted octanol–water partition coefficient (Wildman–Crippen LogP) is 6.74. The molecule has 0 saturated heterocycles. The number of carbonyl (C=O) groups excluding carboxylic acids is 1. The molecule has 0 saturated carbocycles. The van der Waals surface area contributed by atoms with Gasteiger partial charge in [-0.2, -0.15) is 0 Å². The highest BCUT2D eigenvalue weighted by Crippen LogP contribution is 2.27. The summed E-state index contributed by atoms with van der Waals surface area (Å²) in [6.07, 6.45) is 1.69. The van der Waals surface area contributed by atoms with Gasteiger partial charge in [0.1, 0.15) is 12.4 Å². The SMILES string of the molecule is O=C1OC(c2ccc(I)c(Br)c2)=N/C1=C\c1ccccc1OCc1ccc(Br)cc1. The van der Waals surface area contributed by atoms with Gasteiger partial charge in [-0.05, 0) is 86.6 Å². The lowest BCUT2D eigenvalue weighted by molar-refractivity contribution is -0.129. The maximum Gasteiger partial charge on any atom is 0.363 e. The summed E-state index contributed by atoms with van der Waals surface area (Å²) in [5, 5.41) is 0. The van der Waals surface area contributed by atoms with Gasteiger partial charge in [0.05, 0.1) is 0 Å². The molecule has 0 aliphatic carbocycles. The summed E-state index contributed by atoms with van der Waals surface area (Å²) in [6, 6.07) is 21.2. The highest BCUT2D eigenvalue weighted by molar-refractivity contribution is 14.1. The van der Waals surface area contributed by atoms with Gasteiger partial charge in [0.25, 0.3) is 0 Å². The second-order valence-electron chi connectivity index (χ2n) is 6.42. The van der Waals surface area contributed by atoms with Crippen LogP contribution in [-0.4, -0.2) is 11.9 Å². The molecule has 1 aliphatic rings. The van der Waals surface area contributed by atoms with Crippen molar-refractivity contribution in [1.82, 2.24) is 0 Å². The largest absolute Gasteiger partial charge is 0.488 e. The summed E-state index contributed by atoms with van der Waals surface area (Å²) in [4.78, 5) is 16.8. The molecule has 3 aromatic rings. The van der Waals surface area contributed by atoms with Crippen molar-refractivity contribution in [1.29, 1.82) is 0 Å². The molecule has 0 fully saturated rings. The van der Waals surface area contributed by atoms with Crippen LogP contribution in [0.25, 0.3) is 6.08 Å². The van der Waals surface area contributed by atoms with Gasteiger partial charge in [-0.25, -0.2) is 9.79 Å². The van der Waals surface area contributed by atoms with Crippen LogP contribution in [0.5, 0.6) is 5.75 Å². The number of halogens is 3. The lowest BCUT2D eigenvalue weighted by atomic mass is 10.1. The Hall–Kier alpha value is -1.97. The number of hydrogen-bond donors (Lipinski definition) is 0. The maximum atomic E-state index is 12.4. The standard InChI is InChI=1S/C23H14Br2INO3/c24-17-8-5-14(6-9-17)13-29-21-4-2-1-3-15(21)12-20-23(28)30-22(27-20)16-7-10-19(26)18(25)11-16/h1-12H,13H2/b20-12-. The zero-order chi connectivity index (χ0) is 21.1. The molecule has 0 atom stereocenters. The molecule has 0 bridgehead atoms. The van der Waals surface area contributed by atoms with Crippen LogP contribution in [0.15, 0.2) is 86.4 Å². The Balaban J connectivity index is 1.58. The predicted molar refractivity (Wildman–Crippen MR) is 132 cm³/mol. The lowest BCUT2D eigenvalue weighted by Crippen LogP contribution is -2.05. The van der Waals surface area contributed by atoms with Crippen LogP contribution in [0.3, 0.4) is 0 Å². The van der Waals surface area contributed by atoms with Crippen molar-refractivity contribution in [3.05, 3.63) is 102 Å². The molecular formula is C23H14Br2INO3. The molecule has 1 heterocycles. The van der Waals surface area contributed by atoms with Crippen LogP contribution in [-0.2, 0) is 16.1 Å². The van der Waals surface area contributed by atoms with Crippen molar-refractivity contribution < 1.29 is 14.3 Å². The zero-order valence-electron chi connectivity index (χ0n) is 15.4. The van der Waals surface area contributed by atoms with Crippen molar-refractivity contribution >= 4 is 72.4 Å². The van der Waals surface area contributed by atoms with Crippen molar-refractivity contribution in [3.8, 4) is 5.75 Å². The van der Waals surface area contributed by atoms with Crippen molar-refractivity contribution in [3.63, 3.8) is 0 Å². The summed E-state index contributed by atoms with van der Waals surface area (Å²) in [5.41, 5.74) is 2.78. The third kappa shape index (κ3) is 5.01. The van der Waals surface area contributed by atoms with E-state index in [0.717, 1.165) is 29.2 Å². The highest BCUT2D eigenvalue weighted by Gasteiger charge is 2.25.